The average Bonchev–Trinajstić information content (AvgIpc) is 2.39. The lowest BCUT2D eigenvalue weighted by Gasteiger charge is -2.45. The molecule has 2 fully saturated rings. The molecule has 1 aliphatic carbocycles. The van der Waals surface area contributed by atoms with E-state index in [4.69, 9.17) is 4.74 Å². The van der Waals surface area contributed by atoms with Crippen molar-refractivity contribution in [1.82, 2.24) is 10.2 Å². The summed E-state index contributed by atoms with van der Waals surface area (Å²) in [6, 6.07) is 1.41. The Balaban J connectivity index is 1.96. The van der Waals surface area contributed by atoms with Gasteiger partial charge in [-0.05, 0) is 39.2 Å². The highest BCUT2D eigenvalue weighted by Crippen LogP contribution is 2.31. The highest BCUT2D eigenvalue weighted by atomic mass is 16.5. The Morgan fingerprint density at radius 2 is 2.17 bits per heavy atom. The molecule has 3 heteroatoms. The molecule has 0 amide bonds. The topological polar surface area (TPSA) is 24.5 Å². The van der Waals surface area contributed by atoms with Crippen molar-refractivity contribution in [2.45, 2.75) is 64.1 Å². The summed E-state index contributed by atoms with van der Waals surface area (Å²) < 4.78 is 5.68. The Kier molecular flexibility index (Phi) is 5.46. The fourth-order valence-corrected chi connectivity index (χ4v) is 3.79. The number of likely N-dealkylation sites (N-methyl/N-ethyl adjacent to an activating group) is 1. The van der Waals surface area contributed by atoms with Gasteiger partial charge >= 0.3 is 0 Å². The molecule has 3 nitrogen and oxygen atoms in total. The van der Waals surface area contributed by atoms with Crippen LogP contribution in [0.1, 0.15) is 46.0 Å². The minimum atomic E-state index is 0.405. The second-order valence-electron chi connectivity index (χ2n) is 6.11. The Bertz CT molecular complexity index is 247. The molecule has 0 aromatic carbocycles. The second-order valence-corrected chi connectivity index (χ2v) is 6.11. The van der Waals surface area contributed by atoms with Gasteiger partial charge in [0.05, 0.1) is 12.7 Å². The van der Waals surface area contributed by atoms with Crippen LogP contribution in [0.4, 0.5) is 0 Å². The van der Waals surface area contributed by atoms with E-state index in [2.05, 4.69) is 31.1 Å². The van der Waals surface area contributed by atoms with E-state index >= 15 is 0 Å². The molecule has 4 unspecified atom stereocenters. The molecular weight excluding hydrogens is 224 g/mol. The Morgan fingerprint density at radius 1 is 1.33 bits per heavy atom. The summed E-state index contributed by atoms with van der Waals surface area (Å²) in [5, 5.41) is 3.55. The van der Waals surface area contributed by atoms with Gasteiger partial charge in [0.15, 0.2) is 0 Å². The van der Waals surface area contributed by atoms with E-state index in [9.17, 15) is 0 Å². The van der Waals surface area contributed by atoms with Crippen molar-refractivity contribution in [3.63, 3.8) is 0 Å². The number of nitrogens with zero attached hydrogens (tertiary/aromatic N) is 1. The molecule has 4 atom stereocenters. The summed E-state index contributed by atoms with van der Waals surface area (Å²) in [7, 11) is 2.13. The molecule has 0 aromatic heterocycles. The number of nitrogens with one attached hydrogen (secondary N) is 1. The minimum absolute atomic E-state index is 0.405. The van der Waals surface area contributed by atoms with E-state index in [0.717, 1.165) is 31.7 Å². The third-order valence-electron chi connectivity index (χ3n) is 4.73. The summed E-state index contributed by atoms with van der Waals surface area (Å²) in [6.45, 7) is 7.66. The lowest BCUT2D eigenvalue weighted by atomic mass is 9.79. The highest BCUT2D eigenvalue weighted by molar-refractivity contribution is 4.91. The van der Waals surface area contributed by atoms with Gasteiger partial charge in [0.1, 0.15) is 0 Å². The van der Waals surface area contributed by atoms with E-state index < -0.39 is 0 Å². The van der Waals surface area contributed by atoms with Crippen LogP contribution in [-0.2, 0) is 4.74 Å². The third-order valence-corrected chi connectivity index (χ3v) is 4.73. The minimum Gasteiger partial charge on any atom is -0.376 e. The smallest absolute Gasteiger partial charge is 0.0674 e. The van der Waals surface area contributed by atoms with Crippen molar-refractivity contribution in [3.8, 4) is 0 Å². The predicted molar refractivity (Wildman–Crippen MR) is 75.9 cm³/mol. The third kappa shape index (κ3) is 3.46. The van der Waals surface area contributed by atoms with Crippen LogP contribution in [0, 0.1) is 5.92 Å². The first-order chi connectivity index (χ1) is 8.74. The maximum Gasteiger partial charge on any atom is 0.0674 e. The van der Waals surface area contributed by atoms with Gasteiger partial charge in [0.25, 0.3) is 0 Å². The first kappa shape index (κ1) is 14.3. The molecule has 2 rings (SSSR count). The van der Waals surface area contributed by atoms with Crippen LogP contribution in [0.2, 0.25) is 0 Å². The standard InChI is InChI=1S/C15H30N2O/c1-4-5-13-6-7-14(16-3)15(10-13)17-8-9-18-12(2)11-17/h12-16H,4-11H2,1-3H3. The number of hydrogen-bond donors (Lipinski definition) is 1. The Morgan fingerprint density at radius 3 is 2.83 bits per heavy atom. The molecule has 106 valence electrons. The molecule has 1 aliphatic heterocycles. The molecule has 18 heavy (non-hydrogen) atoms. The van der Waals surface area contributed by atoms with Gasteiger partial charge < -0.3 is 10.1 Å². The maximum atomic E-state index is 5.68. The van der Waals surface area contributed by atoms with Crippen molar-refractivity contribution in [3.05, 3.63) is 0 Å². The van der Waals surface area contributed by atoms with Crippen molar-refractivity contribution >= 4 is 0 Å². The van der Waals surface area contributed by atoms with Crippen LogP contribution in [0.15, 0.2) is 0 Å². The molecule has 0 aromatic rings. The molecule has 0 radical (unpaired) electrons. The summed E-state index contributed by atoms with van der Waals surface area (Å²) in [6.07, 6.45) is 7.29. The van der Waals surface area contributed by atoms with Crippen molar-refractivity contribution in [2.24, 2.45) is 5.92 Å². The van der Waals surface area contributed by atoms with Crippen molar-refractivity contribution in [2.75, 3.05) is 26.7 Å². The number of morpholine rings is 1. The van der Waals surface area contributed by atoms with Crippen LogP contribution in [-0.4, -0.2) is 49.8 Å². The molecule has 0 bridgehead atoms. The summed E-state index contributed by atoms with van der Waals surface area (Å²) in [5.41, 5.74) is 0. The van der Waals surface area contributed by atoms with Crippen molar-refractivity contribution < 1.29 is 4.74 Å². The lowest BCUT2D eigenvalue weighted by molar-refractivity contribution is -0.0488. The summed E-state index contributed by atoms with van der Waals surface area (Å²) >= 11 is 0. The molecule has 1 saturated carbocycles. The quantitative estimate of drug-likeness (QED) is 0.833. The van der Waals surface area contributed by atoms with Gasteiger partial charge in [-0.3, -0.25) is 4.90 Å². The lowest BCUT2D eigenvalue weighted by Crippen LogP contribution is -2.56. The monoisotopic (exact) mass is 254 g/mol. The predicted octanol–water partition coefficient (Wildman–Crippen LogP) is 2.26. The van der Waals surface area contributed by atoms with Crippen molar-refractivity contribution in [1.29, 1.82) is 0 Å². The van der Waals surface area contributed by atoms with Gasteiger partial charge in [-0.15, -0.1) is 0 Å². The highest BCUT2D eigenvalue weighted by Gasteiger charge is 2.34. The molecule has 2 aliphatic rings. The van der Waals surface area contributed by atoms with Crippen LogP contribution < -0.4 is 5.32 Å². The molecule has 0 spiro atoms. The Hall–Kier alpha value is -0.120. The first-order valence-corrected chi connectivity index (χ1v) is 7.77. The normalized spacial score (nSPS) is 38.8. The molecule has 1 N–H and O–H groups in total. The maximum absolute atomic E-state index is 5.68. The molecule has 1 heterocycles. The zero-order valence-corrected chi connectivity index (χ0v) is 12.3. The summed E-state index contributed by atoms with van der Waals surface area (Å²) in [5.74, 6) is 0.947. The van der Waals surface area contributed by atoms with Crippen LogP contribution in [0.3, 0.4) is 0 Å². The van der Waals surface area contributed by atoms with Crippen LogP contribution in [0.25, 0.3) is 0 Å². The molecular formula is C15H30N2O. The van der Waals surface area contributed by atoms with Crippen LogP contribution >= 0.6 is 0 Å². The van der Waals surface area contributed by atoms with E-state index in [1.807, 2.05) is 0 Å². The Labute approximate surface area is 112 Å². The second kappa shape index (κ2) is 6.88. The van der Waals surface area contributed by atoms with Gasteiger partial charge in [0.2, 0.25) is 0 Å². The van der Waals surface area contributed by atoms with E-state index in [0.29, 0.717) is 12.1 Å². The van der Waals surface area contributed by atoms with E-state index in [1.165, 1.54) is 32.1 Å². The molecule has 1 saturated heterocycles. The fourth-order valence-electron chi connectivity index (χ4n) is 3.79. The summed E-state index contributed by atoms with van der Waals surface area (Å²) in [4.78, 5) is 2.68. The van der Waals surface area contributed by atoms with E-state index in [-0.39, 0.29) is 0 Å². The van der Waals surface area contributed by atoms with E-state index in [1.54, 1.807) is 0 Å². The number of hydrogen-bond acceptors (Lipinski definition) is 3. The van der Waals surface area contributed by atoms with Gasteiger partial charge in [-0.1, -0.05) is 19.8 Å². The first-order valence-electron chi connectivity index (χ1n) is 7.77. The fraction of sp³-hybridized carbons (Fsp3) is 1.00. The van der Waals surface area contributed by atoms with Gasteiger partial charge in [-0.2, -0.15) is 0 Å². The van der Waals surface area contributed by atoms with Gasteiger partial charge in [-0.25, -0.2) is 0 Å². The average molecular weight is 254 g/mol. The zero-order valence-electron chi connectivity index (χ0n) is 12.3. The zero-order chi connectivity index (χ0) is 13.0. The number of ether oxygens (including phenoxy) is 1. The largest absolute Gasteiger partial charge is 0.376 e. The number of rotatable bonds is 4. The van der Waals surface area contributed by atoms with Gasteiger partial charge in [0, 0.05) is 25.2 Å². The van der Waals surface area contributed by atoms with Crippen LogP contribution in [0.5, 0.6) is 0 Å². The SMILES string of the molecule is CCCC1CCC(NC)C(N2CCOC(C)C2)C1.